The second-order valence-corrected chi connectivity index (χ2v) is 8.57. The third-order valence-electron chi connectivity index (χ3n) is 6.10. The zero-order valence-corrected chi connectivity index (χ0v) is 18.3. The zero-order chi connectivity index (χ0) is 22.2. The van der Waals surface area contributed by atoms with Crippen LogP contribution >= 0.6 is 0 Å². The summed E-state index contributed by atoms with van der Waals surface area (Å²) >= 11 is 0. The SMILES string of the molecule is CN(C)CCCn1cc(C2=C(c3c[nH]c4ccccc34)CC(=O)NC2=O)c2ccccc21. The van der Waals surface area contributed by atoms with Crippen molar-refractivity contribution in [3.8, 4) is 0 Å². The minimum absolute atomic E-state index is 0.170. The van der Waals surface area contributed by atoms with Crippen molar-refractivity contribution in [1.82, 2.24) is 19.8 Å². The van der Waals surface area contributed by atoms with Crippen molar-refractivity contribution in [3.63, 3.8) is 0 Å². The van der Waals surface area contributed by atoms with Gasteiger partial charge in [0, 0.05) is 51.9 Å². The first kappa shape index (κ1) is 20.3. The molecule has 0 spiro atoms. The highest BCUT2D eigenvalue weighted by Gasteiger charge is 2.30. The summed E-state index contributed by atoms with van der Waals surface area (Å²) in [7, 11) is 4.14. The van der Waals surface area contributed by atoms with Crippen LogP contribution in [0, 0.1) is 0 Å². The van der Waals surface area contributed by atoms with Crippen LogP contribution in [0.1, 0.15) is 24.0 Å². The predicted octanol–water partition coefficient (Wildman–Crippen LogP) is 4.03. The summed E-state index contributed by atoms with van der Waals surface area (Å²) in [5, 5.41) is 4.57. The highest BCUT2D eigenvalue weighted by molar-refractivity contribution is 6.36. The van der Waals surface area contributed by atoms with Crippen molar-refractivity contribution < 1.29 is 9.59 Å². The first-order chi connectivity index (χ1) is 15.5. The number of amides is 2. The van der Waals surface area contributed by atoms with Gasteiger partial charge in [-0.25, -0.2) is 0 Å². The van der Waals surface area contributed by atoms with E-state index in [0.29, 0.717) is 5.57 Å². The van der Waals surface area contributed by atoms with E-state index in [1.54, 1.807) is 0 Å². The lowest BCUT2D eigenvalue weighted by atomic mass is 9.89. The van der Waals surface area contributed by atoms with Crippen molar-refractivity contribution >= 4 is 44.8 Å². The number of nitrogens with one attached hydrogen (secondary N) is 2. The summed E-state index contributed by atoms with van der Waals surface area (Å²) in [6.45, 7) is 1.84. The molecule has 3 heterocycles. The van der Waals surface area contributed by atoms with E-state index in [0.717, 1.165) is 58.0 Å². The maximum absolute atomic E-state index is 13.2. The molecule has 6 nitrogen and oxygen atoms in total. The maximum Gasteiger partial charge on any atom is 0.258 e. The van der Waals surface area contributed by atoms with Gasteiger partial charge in [-0.1, -0.05) is 36.4 Å². The number of carbonyl (C=O) groups excluding carboxylic acids is 2. The fourth-order valence-electron chi connectivity index (χ4n) is 4.64. The molecule has 0 bridgehead atoms. The molecular weight excluding hydrogens is 400 g/mol. The second kappa shape index (κ2) is 8.13. The van der Waals surface area contributed by atoms with E-state index in [-0.39, 0.29) is 18.2 Å². The van der Waals surface area contributed by atoms with E-state index in [2.05, 4.69) is 52.2 Å². The van der Waals surface area contributed by atoms with Gasteiger partial charge in [0.25, 0.3) is 5.91 Å². The number of nitrogens with zero attached hydrogens (tertiary/aromatic N) is 2. The first-order valence-electron chi connectivity index (χ1n) is 10.9. The first-order valence-corrected chi connectivity index (χ1v) is 10.9. The molecule has 2 amide bonds. The number of aromatic amines is 1. The van der Waals surface area contributed by atoms with Crippen LogP contribution in [0.15, 0.2) is 60.9 Å². The summed E-state index contributed by atoms with van der Waals surface area (Å²) in [5.41, 5.74) is 5.21. The van der Waals surface area contributed by atoms with Gasteiger partial charge in [0.05, 0.1) is 12.0 Å². The molecule has 0 aliphatic carbocycles. The van der Waals surface area contributed by atoms with E-state index in [1.165, 1.54) is 0 Å². The summed E-state index contributed by atoms with van der Waals surface area (Å²) in [5.74, 6) is -0.605. The fourth-order valence-corrected chi connectivity index (χ4v) is 4.64. The Hall–Kier alpha value is -3.64. The Kier molecular flexibility index (Phi) is 5.15. The lowest BCUT2D eigenvalue weighted by molar-refractivity contribution is -0.127. The number of hydrogen-bond donors (Lipinski definition) is 2. The topological polar surface area (TPSA) is 70.1 Å². The van der Waals surface area contributed by atoms with Gasteiger partial charge in [0.2, 0.25) is 5.91 Å². The number of para-hydroxylation sites is 2. The monoisotopic (exact) mass is 426 g/mol. The third kappa shape index (κ3) is 3.52. The molecule has 0 atom stereocenters. The molecule has 6 heteroatoms. The number of H-pyrrole nitrogens is 1. The molecule has 2 N–H and O–H groups in total. The van der Waals surface area contributed by atoms with Crippen molar-refractivity contribution in [2.24, 2.45) is 0 Å². The van der Waals surface area contributed by atoms with Crippen LogP contribution in [0.2, 0.25) is 0 Å². The number of rotatable bonds is 6. The van der Waals surface area contributed by atoms with Crippen LogP contribution in [0.4, 0.5) is 0 Å². The standard InChI is InChI=1S/C26H26N4O2/c1-29(2)12-7-13-30-16-21(18-9-4-6-11-23(18)30)25-19(14-24(31)28-26(25)32)20-15-27-22-10-5-3-8-17(20)22/h3-6,8-11,15-16,27H,7,12-14H2,1-2H3,(H,28,31,32). The van der Waals surface area contributed by atoms with Crippen molar-refractivity contribution in [1.29, 1.82) is 0 Å². The molecule has 0 unspecified atom stereocenters. The van der Waals surface area contributed by atoms with Crippen LogP contribution in [-0.4, -0.2) is 46.9 Å². The average Bonchev–Trinajstić information content (AvgIpc) is 3.35. The molecule has 0 saturated heterocycles. The summed E-state index contributed by atoms with van der Waals surface area (Å²) < 4.78 is 2.22. The summed E-state index contributed by atoms with van der Waals surface area (Å²) in [6, 6.07) is 16.1. The fraction of sp³-hybridized carbons (Fsp3) is 0.231. The molecule has 1 aliphatic heterocycles. The smallest absolute Gasteiger partial charge is 0.258 e. The Balaban J connectivity index is 1.71. The van der Waals surface area contributed by atoms with Gasteiger partial charge in [-0.05, 0) is 44.8 Å². The van der Waals surface area contributed by atoms with Gasteiger partial charge in [0.15, 0.2) is 0 Å². The van der Waals surface area contributed by atoms with Gasteiger partial charge < -0.3 is 14.5 Å². The third-order valence-corrected chi connectivity index (χ3v) is 6.10. The van der Waals surface area contributed by atoms with E-state index in [1.807, 2.05) is 42.6 Å². The molecule has 32 heavy (non-hydrogen) atoms. The maximum atomic E-state index is 13.2. The molecule has 5 rings (SSSR count). The Morgan fingerprint density at radius 2 is 1.72 bits per heavy atom. The highest BCUT2D eigenvalue weighted by atomic mass is 16.2. The second-order valence-electron chi connectivity index (χ2n) is 8.57. The van der Waals surface area contributed by atoms with Crippen LogP contribution < -0.4 is 5.32 Å². The molecule has 2 aromatic carbocycles. The van der Waals surface area contributed by atoms with Crippen molar-refractivity contribution in [2.75, 3.05) is 20.6 Å². The molecule has 2 aromatic heterocycles. The molecule has 162 valence electrons. The molecular formula is C26H26N4O2. The van der Waals surface area contributed by atoms with Gasteiger partial charge in [0.1, 0.15) is 0 Å². The summed E-state index contributed by atoms with van der Waals surface area (Å²) in [6.07, 6.45) is 5.15. The largest absolute Gasteiger partial charge is 0.361 e. The van der Waals surface area contributed by atoms with Crippen LogP contribution in [0.5, 0.6) is 0 Å². The van der Waals surface area contributed by atoms with E-state index in [9.17, 15) is 9.59 Å². The number of carbonyl (C=O) groups is 2. The van der Waals surface area contributed by atoms with E-state index in [4.69, 9.17) is 0 Å². The molecule has 4 aromatic rings. The Bertz CT molecular complexity index is 1370. The lowest BCUT2D eigenvalue weighted by Crippen LogP contribution is -2.35. The minimum atomic E-state index is -0.335. The number of hydrogen-bond acceptors (Lipinski definition) is 3. The number of aryl methyl sites for hydroxylation is 1. The summed E-state index contributed by atoms with van der Waals surface area (Å²) in [4.78, 5) is 31.0. The Morgan fingerprint density at radius 3 is 2.53 bits per heavy atom. The quantitative estimate of drug-likeness (QED) is 0.457. The van der Waals surface area contributed by atoms with Crippen molar-refractivity contribution in [2.45, 2.75) is 19.4 Å². The van der Waals surface area contributed by atoms with Gasteiger partial charge >= 0.3 is 0 Å². The van der Waals surface area contributed by atoms with E-state index >= 15 is 0 Å². The number of imide groups is 1. The van der Waals surface area contributed by atoms with Crippen molar-refractivity contribution in [3.05, 3.63) is 72.1 Å². The van der Waals surface area contributed by atoms with Gasteiger partial charge in [-0.15, -0.1) is 0 Å². The number of benzene rings is 2. The molecule has 0 radical (unpaired) electrons. The predicted molar refractivity (Wildman–Crippen MR) is 128 cm³/mol. The van der Waals surface area contributed by atoms with Crippen LogP contribution in [-0.2, 0) is 16.1 Å². The van der Waals surface area contributed by atoms with Crippen LogP contribution in [0.25, 0.3) is 33.0 Å². The molecule has 1 aliphatic rings. The Labute approximate surface area is 186 Å². The van der Waals surface area contributed by atoms with Gasteiger partial charge in [-0.2, -0.15) is 0 Å². The minimum Gasteiger partial charge on any atom is -0.361 e. The van der Waals surface area contributed by atoms with E-state index < -0.39 is 0 Å². The molecule has 0 fully saturated rings. The molecule has 0 saturated carbocycles. The van der Waals surface area contributed by atoms with Gasteiger partial charge in [-0.3, -0.25) is 14.9 Å². The number of aromatic nitrogens is 2. The van der Waals surface area contributed by atoms with Crippen LogP contribution in [0.3, 0.4) is 0 Å². The normalized spacial score (nSPS) is 14.7. The lowest BCUT2D eigenvalue weighted by Gasteiger charge is -2.19. The Morgan fingerprint density at radius 1 is 0.969 bits per heavy atom. The average molecular weight is 427 g/mol. The number of fused-ring (bicyclic) bond motifs is 2. The highest BCUT2D eigenvalue weighted by Crippen LogP contribution is 2.38. The zero-order valence-electron chi connectivity index (χ0n) is 18.3.